The van der Waals surface area contributed by atoms with Gasteiger partial charge in [-0.25, -0.2) is 4.79 Å². The first-order valence-corrected chi connectivity index (χ1v) is 7.92. The van der Waals surface area contributed by atoms with E-state index in [4.69, 9.17) is 4.74 Å². The highest BCUT2D eigenvalue weighted by molar-refractivity contribution is 5.87. The molecular formula is C19H17N3O3. The lowest BCUT2D eigenvalue weighted by atomic mass is 10.1. The second-order valence-electron chi connectivity index (χ2n) is 5.69. The molecule has 2 aromatic carbocycles. The summed E-state index contributed by atoms with van der Waals surface area (Å²) >= 11 is 0. The summed E-state index contributed by atoms with van der Waals surface area (Å²) in [4.78, 5) is 25.8. The molecule has 2 amide bonds. The van der Waals surface area contributed by atoms with Crippen LogP contribution in [0, 0.1) is 11.3 Å². The summed E-state index contributed by atoms with van der Waals surface area (Å²) in [5, 5.41) is 12.0. The maximum absolute atomic E-state index is 12.5. The van der Waals surface area contributed by atoms with E-state index in [2.05, 4.69) is 11.4 Å². The van der Waals surface area contributed by atoms with Crippen LogP contribution in [0.1, 0.15) is 16.7 Å². The van der Waals surface area contributed by atoms with Crippen molar-refractivity contribution < 1.29 is 14.3 Å². The first-order chi connectivity index (χ1) is 12.2. The number of carbonyl (C=O) groups is 2. The molecule has 0 spiro atoms. The van der Waals surface area contributed by atoms with Gasteiger partial charge in [-0.05, 0) is 17.2 Å². The minimum Gasteiger partial charge on any atom is -0.447 e. The van der Waals surface area contributed by atoms with Crippen molar-refractivity contribution in [1.29, 1.82) is 5.26 Å². The van der Waals surface area contributed by atoms with Gasteiger partial charge in [0.1, 0.15) is 12.6 Å². The number of ether oxygens (including phenoxy) is 1. The molecule has 126 valence electrons. The molecule has 1 atom stereocenters. The summed E-state index contributed by atoms with van der Waals surface area (Å²) in [6.07, 6.45) is -0.549. The van der Waals surface area contributed by atoms with Gasteiger partial charge in [-0.2, -0.15) is 5.26 Å². The molecule has 0 unspecified atom stereocenters. The Kier molecular flexibility index (Phi) is 4.95. The Hall–Kier alpha value is -3.33. The van der Waals surface area contributed by atoms with Crippen LogP contribution in [0.5, 0.6) is 0 Å². The molecule has 1 heterocycles. The van der Waals surface area contributed by atoms with E-state index in [9.17, 15) is 14.9 Å². The van der Waals surface area contributed by atoms with Gasteiger partial charge < -0.3 is 10.1 Å². The van der Waals surface area contributed by atoms with Crippen molar-refractivity contribution in [2.45, 2.75) is 19.1 Å². The topological polar surface area (TPSA) is 82.4 Å². The lowest BCUT2D eigenvalue weighted by Gasteiger charge is -2.21. The van der Waals surface area contributed by atoms with Crippen LogP contribution in [-0.2, 0) is 22.6 Å². The Morgan fingerprint density at radius 3 is 2.68 bits per heavy atom. The smallest absolute Gasteiger partial charge is 0.410 e. The number of amides is 2. The van der Waals surface area contributed by atoms with Crippen LogP contribution in [0.3, 0.4) is 0 Å². The molecule has 2 aromatic rings. The van der Waals surface area contributed by atoms with Crippen molar-refractivity contribution >= 4 is 12.0 Å². The van der Waals surface area contributed by atoms with Gasteiger partial charge in [-0.3, -0.25) is 9.69 Å². The largest absolute Gasteiger partial charge is 0.447 e. The normalized spacial score (nSPS) is 16.2. The van der Waals surface area contributed by atoms with Crippen molar-refractivity contribution in [2.24, 2.45) is 0 Å². The number of carbonyl (C=O) groups excluding carboxylic acids is 2. The summed E-state index contributed by atoms with van der Waals surface area (Å²) < 4.78 is 5.04. The third-order valence-electron chi connectivity index (χ3n) is 4.07. The standard InChI is InChI=1S/C19H17N3O3/c20-10-15-8-4-5-9-16(15)12-22-17(13-25-19(22)24)18(23)21-11-14-6-2-1-3-7-14/h1-9,17H,11-13H2,(H,21,23)/t17-/m0/s1. The third kappa shape index (κ3) is 3.78. The summed E-state index contributed by atoms with van der Waals surface area (Å²) in [5.74, 6) is -0.274. The van der Waals surface area contributed by atoms with E-state index in [1.807, 2.05) is 30.3 Å². The zero-order valence-electron chi connectivity index (χ0n) is 13.5. The van der Waals surface area contributed by atoms with Crippen LogP contribution in [0.25, 0.3) is 0 Å². The molecule has 1 fully saturated rings. The van der Waals surface area contributed by atoms with E-state index in [-0.39, 0.29) is 19.1 Å². The first-order valence-electron chi connectivity index (χ1n) is 7.92. The molecule has 25 heavy (non-hydrogen) atoms. The highest BCUT2D eigenvalue weighted by Gasteiger charge is 2.38. The number of benzene rings is 2. The van der Waals surface area contributed by atoms with E-state index >= 15 is 0 Å². The Bertz CT molecular complexity index is 814. The summed E-state index contributed by atoms with van der Waals surface area (Å²) in [5.41, 5.74) is 2.14. The van der Waals surface area contributed by atoms with Crippen LogP contribution in [-0.4, -0.2) is 29.5 Å². The number of rotatable bonds is 5. The molecule has 0 bridgehead atoms. The molecular weight excluding hydrogens is 318 g/mol. The SMILES string of the molecule is N#Cc1ccccc1CN1C(=O)OC[C@H]1C(=O)NCc1ccccc1. The van der Waals surface area contributed by atoms with Crippen molar-refractivity contribution in [1.82, 2.24) is 10.2 Å². The predicted molar refractivity (Wildman–Crippen MR) is 90.1 cm³/mol. The molecule has 1 saturated heterocycles. The number of hydrogen-bond donors (Lipinski definition) is 1. The zero-order chi connectivity index (χ0) is 17.6. The molecule has 1 aliphatic rings. The number of nitriles is 1. The number of nitrogens with one attached hydrogen (secondary N) is 1. The second kappa shape index (κ2) is 7.49. The van der Waals surface area contributed by atoms with Crippen molar-refractivity contribution in [2.75, 3.05) is 6.61 Å². The van der Waals surface area contributed by atoms with Crippen molar-refractivity contribution in [3.05, 3.63) is 71.3 Å². The Labute approximate surface area is 145 Å². The van der Waals surface area contributed by atoms with Gasteiger partial charge in [0.25, 0.3) is 0 Å². The lowest BCUT2D eigenvalue weighted by Crippen LogP contribution is -2.45. The van der Waals surface area contributed by atoms with Crippen molar-refractivity contribution in [3.8, 4) is 6.07 Å². The van der Waals surface area contributed by atoms with Gasteiger partial charge in [0.05, 0.1) is 18.2 Å². The van der Waals surface area contributed by atoms with Gasteiger partial charge in [0.15, 0.2) is 0 Å². The highest BCUT2D eigenvalue weighted by atomic mass is 16.6. The molecule has 0 saturated carbocycles. The van der Waals surface area contributed by atoms with Gasteiger partial charge >= 0.3 is 6.09 Å². The summed E-state index contributed by atoms with van der Waals surface area (Å²) in [6, 6.07) is 17.9. The third-order valence-corrected chi connectivity index (χ3v) is 4.07. The molecule has 1 N–H and O–H groups in total. The Balaban J connectivity index is 1.69. The minimum atomic E-state index is -0.706. The van der Waals surface area contributed by atoms with Crippen molar-refractivity contribution in [3.63, 3.8) is 0 Å². The average Bonchev–Trinajstić information content (AvgIpc) is 3.02. The Morgan fingerprint density at radius 2 is 1.92 bits per heavy atom. The fraction of sp³-hybridized carbons (Fsp3) is 0.211. The van der Waals surface area contributed by atoms with E-state index < -0.39 is 12.1 Å². The van der Waals surface area contributed by atoms with Crippen LogP contribution in [0.2, 0.25) is 0 Å². The average molecular weight is 335 g/mol. The first kappa shape index (κ1) is 16.5. The highest BCUT2D eigenvalue weighted by Crippen LogP contribution is 2.19. The molecule has 6 heteroatoms. The number of hydrogen-bond acceptors (Lipinski definition) is 4. The van der Waals surface area contributed by atoms with Crippen LogP contribution < -0.4 is 5.32 Å². The predicted octanol–water partition coefficient (Wildman–Crippen LogP) is 2.20. The fourth-order valence-electron chi connectivity index (χ4n) is 2.70. The molecule has 6 nitrogen and oxygen atoms in total. The van der Waals surface area contributed by atoms with Gasteiger partial charge in [-0.1, -0.05) is 48.5 Å². The lowest BCUT2D eigenvalue weighted by molar-refractivity contribution is -0.125. The van der Waals surface area contributed by atoms with E-state index in [0.717, 1.165) is 5.56 Å². The quantitative estimate of drug-likeness (QED) is 0.908. The fourth-order valence-corrected chi connectivity index (χ4v) is 2.70. The van der Waals surface area contributed by atoms with Gasteiger partial charge in [0, 0.05) is 6.54 Å². The van der Waals surface area contributed by atoms with E-state index in [1.54, 1.807) is 24.3 Å². The van der Waals surface area contributed by atoms with Crippen LogP contribution in [0.4, 0.5) is 4.79 Å². The maximum Gasteiger partial charge on any atom is 0.410 e. The van der Waals surface area contributed by atoms with E-state index in [1.165, 1.54) is 4.90 Å². The van der Waals surface area contributed by atoms with Crippen LogP contribution in [0.15, 0.2) is 54.6 Å². The molecule has 0 aromatic heterocycles. The number of cyclic esters (lactones) is 1. The summed E-state index contributed by atoms with van der Waals surface area (Å²) in [7, 11) is 0. The molecule has 0 radical (unpaired) electrons. The molecule has 0 aliphatic carbocycles. The maximum atomic E-state index is 12.5. The summed E-state index contributed by atoms with van der Waals surface area (Å²) in [6.45, 7) is 0.549. The molecule has 3 rings (SSSR count). The van der Waals surface area contributed by atoms with E-state index in [0.29, 0.717) is 17.7 Å². The monoisotopic (exact) mass is 335 g/mol. The second-order valence-corrected chi connectivity index (χ2v) is 5.69. The van der Waals surface area contributed by atoms with Crippen LogP contribution >= 0.6 is 0 Å². The van der Waals surface area contributed by atoms with Gasteiger partial charge in [0.2, 0.25) is 5.91 Å². The Morgan fingerprint density at radius 1 is 1.20 bits per heavy atom. The minimum absolute atomic E-state index is 0.00811. The number of nitrogens with zero attached hydrogens (tertiary/aromatic N) is 2. The molecule has 1 aliphatic heterocycles. The zero-order valence-corrected chi connectivity index (χ0v) is 13.5. The van der Waals surface area contributed by atoms with Gasteiger partial charge in [-0.15, -0.1) is 0 Å².